The summed E-state index contributed by atoms with van der Waals surface area (Å²) in [4.78, 5) is 32.5. The molecule has 0 aliphatic carbocycles. The molecule has 2 heterocycles. The zero-order valence-corrected chi connectivity index (χ0v) is 20.8. The number of hydrogen-bond acceptors (Lipinski definition) is 6. The molecule has 0 bridgehead atoms. The van der Waals surface area contributed by atoms with Crippen LogP contribution in [0.15, 0.2) is 35.0 Å². The summed E-state index contributed by atoms with van der Waals surface area (Å²) in [5.41, 5.74) is 4.97. The van der Waals surface area contributed by atoms with Gasteiger partial charge in [-0.05, 0) is 62.8 Å². The van der Waals surface area contributed by atoms with Gasteiger partial charge in [0.1, 0.15) is 11.8 Å². The number of likely N-dealkylation sites (tertiary alicyclic amines) is 1. The molecular formula is C25H34N4O3S. The average Bonchev–Trinajstić information content (AvgIpc) is 3.37. The quantitative estimate of drug-likeness (QED) is 0.390. The number of nitrogens with zero attached hydrogens (tertiary/aromatic N) is 2. The summed E-state index contributed by atoms with van der Waals surface area (Å²) in [6.45, 7) is 9.81. The van der Waals surface area contributed by atoms with E-state index in [0.717, 1.165) is 17.7 Å². The third-order valence-electron chi connectivity index (χ3n) is 6.23. The number of hydrogen-bond donors (Lipinski definition) is 3. The first kappa shape index (κ1) is 25.0. The molecule has 3 N–H and O–H groups in total. The minimum Gasteiger partial charge on any atom is -0.511 e. The van der Waals surface area contributed by atoms with Crippen molar-refractivity contribution in [3.8, 4) is 0 Å². The smallest absolute Gasteiger partial charge is 0.247 e. The van der Waals surface area contributed by atoms with Gasteiger partial charge >= 0.3 is 0 Å². The number of nitrogens with one attached hydrogen (secondary N) is 2. The van der Waals surface area contributed by atoms with Crippen molar-refractivity contribution in [2.75, 3.05) is 11.9 Å². The number of allylic oxidation sites excluding steroid dienone is 1. The van der Waals surface area contributed by atoms with Crippen LogP contribution in [0.1, 0.15) is 56.9 Å². The third-order valence-corrected chi connectivity index (χ3v) is 7.44. The Morgan fingerprint density at radius 2 is 2.09 bits per heavy atom. The van der Waals surface area contributed by atoms with Gasteiger partial charge in [-0.3, -0.25) is 14.6 Å². The summed E-state index contributed by atoms with van der Waals surface area (Å²) in [5, 5.41) is 21.4. The van der Waals surface area contributed by atoms with Crippen molar-refractivity contribution >= 4 is 40.5 Å². The monoisotopic (exact) mass is 470 g/mol. The normalized spacial score (nSPS) is 23.8. The Bertz CT molecular complexity index is 988. The lowest BCUT2D eigenvalue weighted by Crippen LogP contribution is -2.47. The Balaban J connectivity index is 1.74. The highest BCUT2D eigenvalue weighted by Gasteiger charge is 2.39. The molecule has 3 rings (SSSR count). The fraction of sp³-hybridized carbons (Fsp3) is 0.520. The molecule has 0 aromatic heterocycles. The van der Waals surface area contributed by atoms with Crippen molar-refractivity contribution in [1.82, 2.24) is 4.90 Å². The molecule has 0 saturated carbocycles. The van der Waals surface area contributed by atoms with Gasteiger partial charge in [-0.1, -0.05) is 26.0 Å². The summed E-state index contributed by atoms with van der Waals surface area (Å²) >= 11 is 1.71. The van der Waals surface area contributed by atoms with Crippen molar-refractivity contribution in [3.05, 3.63) is 41.2 Å². The molecule has 1 saturated heterocycles. The largest absolute Gasteiger partial charge is 0.511 e. The van der Waals surface area contributed by atoms with Crippen LogP contribution in [0, 0.1) is 24.2 Å². The van der Waals surface area contributed by atoms with Crippen LogP contribution in [-0.4, -0.2) is 51.7 Å². The van der Waals surface area contributed by atoms with E-state index < -0.39 is 12.0 Å². The molecule has 1 aromatic carbocycles. The Labute approximate surface area is 200 Å². The molecule has 4 atom stereocenters. The van der Waals surface area contributed by atoms with Crippen molar-refractivity contribution in [2.24, 2.45) is 16.8 Å². The Morgan fingerprint density at radius 3 is 2.67 bits per heavy atom. The van der Waals surface area contributed by atoms with Crippen LogP contribution in [0.3, 0.4) is 0 Å². The van der Waals surface area contributed by atoms with Gasteiger partial charge in [0, 0.05) is 17.9 Å². The van der Waals surface area contributed by atoms with Crippen LogP contribution in [0.4, 0.5) is 5.69 Å². The number of aliphatic hydroxyl groups is 1. The second-order valence-corrected chi connectivity index (χ2v) is 10.3. The number of aliphatic hydroxyl groups excluding tert-OH is 1. The zero-order valence-electron chi connectivity index (χ0n) is 20.0. The van der Waals surface area contributed by atoms with Gasteiger partial charge in [-0.25, -0.2) is 0 Å². The highest BCUT2D eigenvalue weighted by Crippen LogP contribution is 2.38. The number of benzene rings is 1. The average molecular weight is 471 g/mol. The van der Waals surface area contributed by atoms with Crippen molar-refractivity contribution < 1.29 is 14.7 Å². The molecule has 0 radical (unpaired) electrons. The first-order valence-electron chi connectivity index (χ1n) is 11.4. The number of rotatable bonds is 7. The van der Waals surface area contributed by atoms with E-state index in [0.29, 0.717) is 13.0 Å². The first-order chi connectivity index (χ1) is 15.6. The molecule has 1 fully saturated rings. The van der Waals surface area contributed by atoms with E-state index in [9.17, 15) is 14.7 Å². The van der Waals surface area contributed by atoms with Crippen LogP contribution in [0.25, 0.3) is 0 Å². The molecule has 7 nitrogen and oxygen atoms in total. The van der Waals surface area contributed by atoms with Crippen LogP contribution < -0.4 is 5.32 Å². The van der Waals surface area contributed by atoms with Crippen LogP contribution in [0.2, 0.25) is 0 Å². The molecule has 178 valence electrons. The molecule has 0 spiro atoms. The molecule has 2 aliphatic rings. The molecule has 33 heavy (non-hydrogen) atoms. The van der Waals surface area contributed by atoms with Gasteiger partial charge in [-0.2, -0.15) is 0 Å². The van der Waals surface area contributed by atoms with Crippen LogP contribution in [-0.2, 0) is 9.59 Å². The molecule has 4 unspecified atom stereocenters. The lowest BCUT2D eigenvalue weighted by Gasteiger charge is -2.30. The summed E-state index contributed by atoms with van der Waals surface area (Å²) in [6.07, 6.45) is 2.63. The molecule has 2 aliphatic heterocycles. The zero-order chi connectivity index (χ0) is 24.3. The van der Waals surface area contributed by atoms with Crippen LogP contribution in [0.5, 0.6) is 0 Å². The summed E-state index contributed by atoms with van der Waals surface area (Å²) in [5.74, 6) is -1.53. The maximum Gasteiger partial charge on any atom is 0.247 e. The highest BCUT2D eigenvalue weighted by molar-refractivity contribution is 8.12. The second-order valence-electron chi connectivity index (χ2n) is 9.28. The maximum absolute atomic E-state index is 13.3. The van der Waals surface area contributed by atoms with E-state index >= 15 is 0 Å². The Morgan fingerprint density at radius 1 is 1.36 bits per heavy atom. The molecular weight excluding hydrogens is 436 g/mol. The summed E-state index contributed by atoms with van der Waals surface area (Å²) in [6, 6.07) is 5.69. The molecule has 8 heteroatoms. The van der Waals surface area contributed by atoms with Crippen molar-refractivity contribution in [1.29, 1.82) is 5.41 Å². The number of carbonyl (C=O) groups excluding carboxylic acids is 2. The predicted molar refractivity (Wildman–Crippen MR) is 135 cm³/mol. The van der Waals surface area contributed by atoms with Gasteiger partial charge in [-0.15, -0.1) is 11.8 Å². The van der Waals surface area contributed by atoms with Gasteiger partial charge < -0.3 is 20.7 Å². The standard InChI is InChI=1S/C25H34N4O3S/c1-14(2)22(21(30)12-16(4)26)25(32)29-10-6-7-20(29)24(31)28-19-9-8-18(11-15(19)3)23-17(5)27-13-33-23/h8-9,11-14,17,20,22-23,26,30H,6-7,10H2,1-5H3,(H,28,31)/b21-12-,26-16?. The number of carbonyl (C=O) groups is 2. The maximum atomic E-state index is 13.3. The van der Waals surface area contributed by atoms with E-state index in [-0.39, 0.29) is 40.5 Å². The predicted octanol–water partition coefficient (Wildman–Crippen LogP) is 4.88. The minimum absolute atomic E-state index is 0.122. The fourth-order valence-corrected chi connectivity index (χ4v) is 5.51. The lowest BCUT2D eigenvalue weighted by molar-refractivity contribution is -0.141. The summed E-state index contributed by atoms with van der Waals surface area (Å²) in [7, 11) is 0. The van der Waals surface area contributed by atoms with Crippen molar-refractivity contribution in [3.63, 3.8) is 0 Å². The number of aliphatic imine (C=N–C) groups is 1. The highest BCUT2D eigenvalue weighted by atomic mass is 32.2. The van der Waals surface area contributed by atoms with E-state index in [4.69, 9.17) is 5.41 Å². The first-order valence-corrected chi connectivity index (χ1v) is 12.4. The Kier molecular flexibility index (Phi) is 8.00. The van der Waals surface area contributed by atoms with E-state index in [1.54, 1.807) is 23.6 Å². The molecule has 2 amide bonds. The number of thioether (sulfide) groups is 1. The third kappa shape index (κ3) is 5.66. The SMILES string of the molecule is CC(=N)/C=C(\O)C(C(=O)N1CCCC1C(=O)Nc1ccc(C2SC=NC2C)cc1C)C(C)C. The lowest BCUT2D eigenvalue weighted by atomic mass is 9.91. The van der Waals surface area contributed by atoms with Gasteiger partial charge in [0.05, 0.1) is 22.8 Å². The van der Waals surface area contributed by atoms with E-state index in [1.165, 1.54) is 11.6 Å². The summed E-state index contributed by atoms with van der Waals surface area (Å²) < 4.78 is 0. The number of aryl methyl sites for hydroxylation is 1. The van der Waals surface area contributed by atoms with Gasteiger partial charge in [0.2, 0.25) is 11.8 Å². The van der Waals surface area contributed by atoms with E-state index in [1.807, 2.05) is 38.5 Å². The van der Waals surface area contributed by atoms with Gasteiger partial charge in [0.25, 0.3) is 0 Å². The topological polar surface area (TPSA) is 106 Å². The molecule has 1 aromatic rings. The van der Waals surface area contributed by atoms with Crippen LogP contribution >= 0.6 is 11.8 Å². The minimum atomic E-state index is -0.771. The Hall–Kier alpha value is -2.61. The fourth-order valence-electron chi connectivity index (χ4n) is 4.51. The van der Waals surface area contributed by atoms with Gasteiger partial charge in [0.15, 0.2) is 0 Å². The number of amides is 2. The van der Waals surface area contributed by atoms with Crippen molar-refractivity contribution in [2.45, 2.75) is 64.8 Å². The number of anilines is 1. The van der Waals surface area contributed by atoms with E-state index in [2.05, 4.69) is 23.3 Å². The second kappa shape index (κ2) is 10.5.